The molecule has 0 rings (SSSR count). The molecule has 3 unspecified atom stereocenters. The van der Waals surface area contributed by atoms with Gasteiger partial charge >= 0.3 is 5.97 Å². The van der Waals surface area contributed by atoms with Crippen LogP contribution in [-0.4, -0.2) is 56.0 Å². The Hall–Kier alpha value is -0.240. The molecule has 236 valence electrons. The van der Waals surface area contributed by atoms with Crippen LogP contribution in [0.1, 0.15) is 153 Å². The van der Waals surface area contributed by atoms with Crippen molar-refractivity contribution in [1.82, 2.24) is 0 Å². The Labute approximate surface area is 243 Å². The Morgan fingerprint density at radius 2 is 1.08 bits per heavy atom. The number of unbranched alkanes of at least 4 members (excludes halogenated alkanes) is 7. The molecule has 0 N–H and O–H groups in total. The summed E-state index contributed by atoms with van der Waals surface area (Å²) in [5.74, 6) is -2.70. The standard InChI is InChI=1S/C33H68O6/c1-12-16-20-22-26-36-33(39-31(9,10)11,35-25-21-17-13-2)32(34-24-19-15-4,37-27-28(5)6)30(23-18-14-3)38-29(7)8/h28-30H,12-27H2,1-11H3. The Morgan fingerprint density at radius 3 is 1.56 bits per heavy atom. The van der Waals surface area contributed by atoms with Gasteiger partial charge in [-0.2, -0.15) is 0 Å². The maximum atomic E-state index is 6.92. The van der Waals surface area contributed by atoms with Gasteiger partial charge in [0.1, 0.15) is 6.10 Å². The van der Waals surface area contributed by atoms with Crippen LogP contribution in [0.2, 0.25) is 0 Å². The maximum Gasteiger partial charge on any atom is 0.344 e. The van der Waals surface area contributed by atoms with Crippen LogP contribution in [0.4, 0.5) is 0 Å². The first kappa shape index (κ1) is 38.8. The lowest BCUT2D eigenvalue weighted by molar-refractivity contribution is -0.528. The lowest BCUT2D eigenvalue weighted by Gasteiger charge is -2.52. The highest BCUT2D eigenvalue weighted by molar-refractivity contribution is 4.94. The minimum absolute atomic E-state index is 0.0272. The third-order valence-corrected chi connectivity index (χ3v) is 6.32. The van der Waals surface area contributed by atoms with Crippen molar-refractivity contribution in [2.45, 2.75) is 183 Å². The van der Waals surface area contributed by atoms with E-state index in [1.165, 1.54) is 12.8 Å². The Bertz CT molecular complexity index is 561. The topological polar surface area (TPSA) is 55.4 Å². The molecule has 0 amide bonds. The van der Waals surface area contributed by atoms with E-state index in [2.05, 4.69) is 55.4 Å². The molecule has 0 saturated heterocycles. The van der Waals surface area contributed by atoms with E-state index in [1.54, 1.807) is 0 Å². The van der Waals surface area contributed by atoms with Crippen molar-refractivity contribution in [2.75, 3.05) is 26.4 Å². The Kier molecular flexibility index (Phi) is 21.3. The highest BCUT2D eigenvalue weighted by atomic mass is 16.9. The van der Waals surface area contributed by atoms with E-state index in [9.17, 15) is 0 Å². The number of rotatable bonds is 26. The van der Waals surface area contributed by atoms with Crippen molar-refractivity contribution >= 4 is 0 Å². The van der Waals surface area contributed by atoms with E-state index in [4.69, 9.17) is 28.4 Å². The van der Waals surface area contributed by atoms with Gasteiger partial charge in [0.15, 0.2) is 0 Å². The summed E-state index contributed by atoms with van der Waals surface area (Å²) in [5, 5.41) is 0. The Balaban J connectivity index is 7.09. The highest BCUT2D eigenvalue weighted by Gasteiger charge is 2.65. The van der Waals surface area contributed by atoms with E-state index in [1.807, 2.05) is 20.8 Å². The summed E-state index contributed by atoms with van der Waals surface area (Å²) in [6, 6.07) is 0. The second kappa shape index (κ2) is 21.5. The average Bonchev–Trinajstić information content (AvgIpc) is 2.85. The summed E-state index contributed by atoms with van der Waals surface area (Å²) in [5.41, 5.74) is -0.581. The molecule has 0 aromatic carbocycles. The first-order chi connectivity index (χ1) is 18.4. The third-order valence-electron chi connectivity index (χ3n) is 6.32. The first-order valence-electron chi connectivity index (χ1n) is 16.3. The summed E-state index contributed by atoms with van der Waals surface area (Å²) in [6.07, 6.45) is 11.6. The molecular weight excluding hydrogens is 492 g/mol. The molecule has 0 aromatic rings. The van der Waals surface area contributed by atoms with Crippen LogP contribution in [0.3, 0.4) is 0 Å². The lowest BCUT2D eigenvalue weighted by Crippen LogP contribution is -2.70. The summed E-state index contributed by atoms with van der Waals surface area (Å²) in [4.78, 5) is 0. The highest BCUT2D eigenvalue weighted by Crippen LogP contribution is 2.44. The van der Waals surface area contributed by atoms with Crippen LogP contribution in [0.15, 0.2) is 0 Å². The number of ether oxygens (including phenoxy) is 6. The van der Waals surface area contributed by atoms with Gasteiger partial charge in [0.05, 0.1) is 38.1 Å². The first-order valence-corrected chi connectivity index (χ1v) is 16.3. The van der Waals surface area contributed by atoms with E-state index in [0.29, 0.717) is 26.4 Å². The zero-order chi connectivity index (χ0) is 29.8. The molecular formula is C33H68O6. The molecule has 0 saturated carbocycles. The van der Waals surface area contributed by atoms with Gasteiger partial charge in [-0.1, -0.05) is 92.9 Å². The van der Waals surface area contributed by atoms with Crippen molar-refractivity contribution in [3.8, 4) is 0 Å². The van der Waals surface area contributed by atoms with Gasteiger partial charge in [0.2, 0.25) is 0 Å². The molecule has 0 fully saturated rings. The lowest BCUT2D eigenvalue weighted by atomic mass is 9.98. The maximum absolute atomic E-state index is 6.92. The van der Waals surface area contributed by atoms with Gasteiger partial charge < -0.3 is 28.4 Å². The monoisotopic (exact) mass is 561 g/mol. The van der Waals surface area contributed by atoms with Gasteiger partial charge in [-0.05, 0) is 66.2 Å². The molecule has 0 aliphatic carbocycles. The SMILES string of the molecule is CCCCCCOC(OCCCCC)(OC(C)(C)C)C(OCCCC)(OCC(C)C)C(CCCC)OC(C)C. The molecule has 39 heavy (non-hydrogen) atoms. The third kappa shape index (κ3) is 15.5. The fourth-order valence-electron chi connectivity index (χ4n) is 4.40. The molecule has 0 aromatic heterocycles. The molecule has 0 heterocycles. The van der Waals surface area contributed by atoms with E-state index in [0.717, 1.165) is 64.2 Å². The molecule has 0 bridgehead atoms. The van der Waals surface area contributed by atoms with E-state index < -0.39 is 23.5 Å². The zero-order valence-electron chi connectivity index (χ0n) is 28.0. The molecule has 0 radical (unpaired) electrons. The van der Waals surface area contributed by atoms with Crippen LogP contribution < -0.4 is 0 Å². The van der Waals surface area contributed by atoms with Crippen molar-refractivity contribution < 1.29 is 28.4 Å². The summed E-state index contributed by atoms with van der Waals surface area (Å²) in [7, 11) is 0. The zero-order valence-corrected chi connectivity index (χ0v) is 28.0. The van der Waals surface area contributed by atoms with Gasteiger partial charge in [0.25, 0.3) is 5.79 Å². The molecule has 0 spiro atoms. The van der Waals surface area contributed by atoms with Crippen LogP contribution in [0.5, 0.6) is 0 Å². The predicted octanol–water partition coefficient (Wildman–Crippen LogP) is 9.43. The summed E-state index contributed by atoms with van der Waals surface area (Å²) in [6.45, 7) is 25.3. The summed E-state index contributed by atoms with van der Waals surface area (Å²) >= 11 is 0. The van der Waals surface area contributed by atoms with Crippen molar-refractivity contribution in [3.63, 3.8) is 0 Å². The fourth-order valence-corrected chi connectivity index (χ4v) is 4.40. The molecule has 0 aliphatic rings. The van der Waals surface area contributed by atoms with Crippen LogP contribution >= 0.6 is 0 Å². The minimum atomic E-state index is -1.58. The quantitative estimate of drug-likeness (QED) is 0.0776. The second-order valence-corrected chi connectivity index (χ2v) is 12.6. The predicted molar refractivity (Wildman–Crippen MR) is 163 cm³/mol. The molecule has 6 heteroatoms. The van der Waals surface area contributed by atoms with Crippen molar-refractivity contribution in [1.29, 1.82) is 0 Å². The number of hydrogen-bond donors (Lipinski definition) is 0. The minimum Gasteiger partial charge on any atom is -0.370 e. The largest absolute Gasteiger partial charge is 0.370 e. The van der Waals surface area contributed by atoms with Gasteiger partial charge in [-0.3, -0.25) is 0 Å². The van der Waals surface area contributed by atoms with Crippen LogP contribution in [0.25, 0.3) is 0 Å². The van der Waals surface area contributed by atoms with Crippen molar-refractivity contribution in [2.24, 2.45) is 5.92 Å². The Morgan fingerprint density at radius 1 is 0.564 bits per heavy atom. The van der Waals surface area contributed by atoms with Gasteiger partial charge in [-0.15, -0.1) is 0 Å². The second-order valence-electron chi connectivity index (χ2n) is 12.6. The smallest absolute Gasteiger partial charge is 0.344 e. The van der Waals surface area contributed by atoms with Crippen molar-refractivity contribution in [3.05, 3.63) is 0 Å². The van der Waals surface area contributed by atoms with Gasteiger partial charge in [0, 0.05) is 0 Å². The average molecular weight is 561 g/mol. The summed E-state index contributed by atoms with van der Waals surface area (Å²) < 4.78 is 41.1. The normalized spacial score (nSPS) is 16.5. The number of hydrogen-bond acceptors (Lipinski definition) is 6. The van der Waals surface area contributed by atoms with Crippen LogP contribution in [-0.2, 0) is 28.4 Å². The van der Waals surface area contributed by atoms with E-state index >= 15 is 0 Å². The van der Waals surface area contributed by atoms with Gasteiger partial charge in [-0.25, -0.2) is 0 Å². The molecule has 0 aliphatic heterocycles. The molecule has 3 atom stereocenters. The molecule has 6 nitrogen and oxygen atoms in total. The fraction of sp³-hybridized carbons (Fsp3) is 1.00. The van der Waals surface area contributed by atoms with E-state index in [-0.39, 0.29) is 12.0 Å². The van der Waals surface area contributed by atoms with Crippen LogP contribution in [0, 0.1) is 5.92 Å².